The summed E-state index contributed by atoms with van der Waals surface area (Å²) in [5.41, 5.74) is 2.64. The van der Waals surface area contributed by atoms with Crippen LogP contribution in [0.3, 0.4) is 0 Å². The van der Waals surface area contributed by atoms with E-state index in [9.17, 15) is 13.2 Å². The van der Waals surface area contributed by atoms with E-state index in [2.05, 4.69) is 0 Å². The van der Waals surface area contributed by atoms with E-state index in [0.29, 0.717) is 11.3 Å². The first-order chi connectivity index (χ1) is 12.9. The summed E-state index contributed by atoms with van der Waals surface area (Å²) in [5.74, 6) is 0.327. The molecule has 4 nitrogen and oxygen atoms in total. The Kier molecular flexibility index (Phi) is 5.42. The second-order valence-corrected chi connectivity index (χ2v) is 8.27. The van der Waals surface area contributed by atoms with E-state index in [1.807, 2.05) is 26.0 Å². The SMILES string of the molecule is Cc1ccc(C(=O)COc2ccc(S(=O)(=O)c3ccccc3)cc2)c(C)c1. The molecule has 0 aliphatic carbocycles. The van der Waals surface area contributed by atoms with E-state index in [1.165, 1.54) is 12.1 Å². The Morgan fingerprint density at radius 1 is 0.852 bits per heavy atom. The molecule has 0 N–H and O–H groups in total. The number of rotatable bonds is 6. The van der Waals surface area contributed by atoms with Crippen LogP contribution in [0.15, 0.2) is 82.6 Å². The number of benzene rings is 3. The highest BCUT2D eigenvalue weighted by molar-refractivity contribution is 7.91. The number of carbonyl (C=O) groups is 1. The van der Waals surface area contributed by atoms with Gasteiger partial charge in [-0.25, -0.2) is 8.42 Å². The summed E-state index contributed by atoms with van der Waals surface area (Å²) in [6.45, 7) is 3.76. The van der Waals surface area contributed by atoms with Crippen LogP contribution in [-0.2, 0) is 9.84 Å². The standard InChI is InChI=1S/C22H20O4S/c1-16-8-13-21(17(2)14-16)22(23)15-26-18-9-11-20(12-10-18)27(24,25)19-6-4-3-5-7-19/h3-14H,15H2,1-2H3. The third-order valence-corrected chi connectivity index (χ3v) is 6.03. The second-order valence-electron chi connectivity index (χ2n) is 6.32. The van der Waals surface area contributed by atoms with Crippen LogP contribution in [0.4, 0.5) is 0 Å². The molecule has 3 aromatic carbocycles. The molecule has 0 aromatic heterocycles. The van der Waals surface area contributed by atoms with Crippen molar-refractivity contribution in [3.8, 4) is 5.75 Å². The molecule has 0 spiro atoms. The largest absolute Gasteiger partial charge is 0.485 e. The Morgan fingerprint density at radius 2 is 1.48 bits per heavy atom. The summed E-state index contributed by atoms with van der Waals surface area (Å²) in [6.07, 6.45) is 0. The predicted molar refractivity (Wildman–Crippen MR) is 104 cm³/mol. The summed E-state index contributed by atoms with van der Waals surface area (Å²) in [4.78, 5) is 12.8. The van der Waals surface area contributed by atoms with Crippen molar-refractivity contribution in [1.29, 1.82) is 0 Å². The fourth-order valence-corrected chi connectivity index (χ4v) is 4.09. The van der Waals surface area contributed by atoms with E-state index in [-0.39, 0.29) is 22.2 Å². The Hall–Kier alpha value is -2.92. The van der Waals surface area contributed by atoms with Crippen LogP contribution < -0.4 is 4.74 Å². The monoisotopic (exact) mass is 380 g/mol. The number of carbonyl (C=O) groups excluding carboxylic acids is 1. The molecule has 0 heterocycles. The van der Waals surface area contributed by atoms with Gasteiger partial charge < -0.3 is 4.74 Å². The molecule has 0 atom stereocenters. The number of ketones is 1. The van der Waals surface area contributed by atoms with E-state index in [1.54, 1.807) is 48.5 Å². The van der Waals surface area contributed by atoms with E-state index in [4.69, 9.17) is 4.74 Å². The Morgan fingerprint density at radius 3 is 2.11 bits per heavy atom. The molecule has 0 amide bonds. The Balaban J connectivity index is 1.70. The molecule has 27 heavy (non-hydrogen) atoms. The van der Waals surface area contributed by atoms with Gasteiger partial charge in [0.15, 0.2) is 12.4 Å². The van der Waals surface area contributed by atoms with Gasteiger partial charge in [0.05, 0.1) is 9.79 Å². The van der Waals surface area contributed by atoms with Crippen LogP contribution in [0.2, 0.25) is 0 Å². The quantitative estimate of drug-likeness (QED) is 0.595. The van der Waals surface area contributed by atoms with Crippen LogP contribution in [0.25, 0.3) is 0 Å². The van der Waals surface area contributed by atoms with Crippen LogP contribution in [0.1, 0.15) is 21.5 Å². The molecule has 0 aliphatic heterocycles. The number of aryl methyl sites for hydroxylation is 2. The van der Waals surface area contributed by atoms with Crippen LogP contribution in [-0.4, -0.2) is 20.8 Å². The third-order valence-electron chi connectivity index (χ3n) is 4.24. The number of hydrogen-bond donors (Lipinski definition) is 0. The van der Waals surface area contributed by atoms with Crippen molar-refractivity contribution in [2.75, 3.05) is 6.61 Å². The molecule has 0 saturated heterocycles. The zero-order valence-electron chi connectivity index (χ0n) is 15.2. The lowest BCUT2D eigenvalue weighted by molar-refractivity contribution is 0.0921. The maximum atomic E-state index is 12.6. The van der Waals surface area contributed by atoms with Crippen LogP contribution in [0, 0.1) is 13.8 Å². The highest BCUT2D eigenvalue weighted by Gasteiger charge is 2.17. The van der Waals surface area contributed by atoms with Gasteiger partial charge in [0.1, 0.15) is 5.75 Å². The summed E-state index contributed by atoms with van der Waals surface area (Å²) >= 11 is 0. The molecule has 0 fully saturated rings. The number of sulfone groups is 1. The highest BCUT2D eigenvalue weighted by atomic mass is 32.2. The number of Topliss-reactive ketones (excluding diaryl/α,β-unsaturated/α-hetero) is 1. The van der Waals surface area contributed by atoms with Crippen molar-refractivity contribution in [3.63, 3.8) is 0 Å². The molecule has 0 saturated carbocycles. The van der Waals surface area contributed by atoms with Crippen molar-refractivity contribution in [3.05, 3.63) is 89.5 Å². The van der Waals surface area contributed by atoms with Crippen molar-refractivity contribution < 1.29 is 17.9 Å². The topological polar surface area (TPSA) is 60.4 Å². The average Bonchev–Trinajstić information content (AvgIpc) is 2.67. The summed E-state index contributed by atoms with van der Waals surface area (Å²) < 4.78 is 30.7. The molecule has 3 rings (SSSR count). The fraction of sp³-hybridized carbons (Fsp3) is 0.136. The van der Waals surface area contributed by atoms with Gasteiger partial charge in [-0.2, -0.15) is 0 Å². The maximum absolute atomic E-state index is 12.6. The van der Waals surface area contributed by atoms with E-state index >= 15 is 0 Å². The molecular formula is C22H20O4S. The van der Waals surface area contributed by atoms with Crippen LogP contribution in [0.5, 0.6) is 5.75 Å². The summed E-state index contributed by atoms with van der Waals surface area (Å²) in [7, 11) is -3.56. The zero-order chi connectivity index (χ0) is 19.4. The highest BCUT2D eigenvalue weighted by Crippen LogP contribution is 2.23. The van der Waals surface area contributed by atoms with Gasteiger partial charge in [-0.05, 0) is 55.8 Å². The van der Waals surface area contributed by atoms with Gasteiger partial charge in [-0.1, -0.05) is 42.0 Å². The summed E-state index contributed by atoms with van der Waals surface area (Å²) in [6, 6.07) is 20.0. The van der Waals surface area contributed by atoms with Crippen molar-refractivity contribution in [1.82, 2.24) is 0 Å². The molecule has 5 heteroatoms. The lowest BCUT2D eigenvalue weighted by atomic mass is 10.0. The van der Waals surface area contributed by atoms with Gasteiger partial charge in [0.25, 0.3) is 0 Å². The van der Waals surface area contributed by atoms with Gasteiger partial charge in [-0.15, -0.1) is 0 Å². The fourth-order valence-electron chi connectivity index (χ4n) is 2.80. The van der Waals surface area contributed by atoms with Gasteiger partial charge in [-0.3, -0.25) is 4.79 Å². The molecule has 138 valence electrons. The maximum Gasteiger partial charge on any atom is 0.206 e. The minimum atomic E-state index is -3.56. The first-order valence-corrected chi connectivity index (χ1v) is 10.00. The minimum Gasteiger partial charge on any atom is -0.485 e. The van der Waals surface area contributed by atoms with E-state index in [0.717, 1.165) is 11.1 Å². The Labute approximate surface area is 159 Å². The van der Waals surface area contributed by atoms with Gasteiger partial charge >= 0.3 is 0 Å². The van der Waals surface area contributed by atoms with Crippen LogP contribution >= 0.6 is 0 Å². The van der Waals surface area contributed by atoms with Crippen molar-refractivity contribution in [2.45, 2.75) is 23.6 Å². The lowest BCUT2D eigenvalue weighted by Crippen LogP contribution is -2.13. The average molecular weight is 380 g/mol. The molecule has 0 bridgehead atoms. The molecule has 0 aliphatic rings. The zero-order valence-corrected chi connectivity index (χ0v) is 16.0. The van der Waals surface area contributed by atoms with Gasteiger partial charge in [0, 0.05) is 5.56 Å². The lowest BCUT2D eigenvalue weighted by Gasteiger charge is -2.09. The molecule has 3 aromatic rings. The molecule has 0 radical (unpaired) electrons. The smallest absolute Gasteiger partial charge is 0.206 e. The molecular weight excluding hydrogens is 360 g/mol. The predicted octanol–water partition coefficient (Wildman–Crippen LogP) is 4.40. The van der Waals surface area contributed by atoms with E-state index < -0.39 is 9.84 Å². The number of ether oxygens (including phenoxy) is 1. The minimum absolute atomic E-state index is 0.102. The van der Waals surface area contributed by atoms with Gasteiger partial charge in [0.2, 0.25) is 9.84 Å². The first kappa shape index (κ1) is 18.9. The van der Waals surface area contributed by atoms with Crippen molar-refractivity contribution >= 4 is 15.6 Å². The first-order valence-electron chi connectivity index (χ1n) is 8.51. The Bertz CT molecular complexity index is 1050. The second kappa shape index (κ2) is 7.76. The van der Waals surface area contributed by atoms with Crippen molar-refractivity contribution in [2.24, 2.45) is 0 Å². The third kappa shape index (κ3) is 4.26. The summed E-state index contributed by atoms with van der Waals surface area (Å²) in [5, 5.41) is 0. The number of hydrogen-bond acceptors (Lipinski definition) is 4. The normalized spacial score (nSPS) is 11.2. The molecule has 0 unspecified atom stereocenters.